The maximum Gasteiger partial charge on any atom is 0.762 e. The number of nitrogens with zero attached hydrogens (tertiary/aromatic N) is 1. The molecule has 0 aliphatic heterocycles. The molecule has 0 unspecified atom stereocenters. The molecule has 1 aliphatic rings. The van der Waals surface area contributed by atoms with E-state index >= 15 is 0 Å². The van der Waals surface area contributed by atoms with E-state index in [0.29, 0.717) is 0 Å². The van der Waals surface area contributed by atoms with Crippen LogP contribution in [0.5, 0.6) is 0 Å². The van der Waals surface area contributed by atoms with Crippen LogP contribution in [0.15, 0.2) is 3.92 Å². The molecule has 0 saturated carbocycles. The molecule has 0 bridgehead atoms. The minimum Gasteiger partial charge on any atom is -1.00 e. The van der Waals surface area contributed by atoms with Gasteiger partial charge in [-0.05, 0) is 26.2 Å². The molecule has 1 aliphatic carbocycles. The van der Waals surface area contributed by atoms with Crippen LogP contribution in [0.25, 0.3) is 0 Å². The Kier molecular flexibility index (Phi) is 8.03. The van der Waals surface area contributed by atoms with E-state index in [-0.39, 0.29) is 4.70 Å². The van der Waals surface area contributed by atoms with Crippen LogP contribution in [0.3, 0.4) is 0 Å². The number of hydrogen-bond donors (Lipinski definition) is 0. The van der Waals surface area contributed by atoms with Crippen molar-refractivity contribution in [2.24, 2.45) is 0 Å². The normalized spacial score (nSPS) is 13.0. The van der Waals surface area contributed by atoms with Crippen molar-refractivity contribution in [3.63, 3.8) is 0 Å². The van der Waals surface area contributed by atoms with Crippen LogP contribution >= 0.6 is 27.3 Å². The highest BCUT2D eigenvalue weighted by atomic mass is 79.9. The zero-order chi connectivity index (χ0) is 12.1. The molecule has 8 heteroatoms. The Hall–Kier alpha value is -0.105. The Labute approximate surface area is 111 Å². The minimum atomic E-state index is -3.67. The van der Waals surface area contributed by atoms with E-state index in [9.17, 15) is 12.9 Å². The van der Waals surface area contributed by atoms with Crippen molar-refractivity contribution < 1.29 is 22.2 Å². The SMILES string of the molecule is CC[n+]1c(Br)sc2c1CCCC2.FB(F)F.[F-]. The summed E-state index contributed by atoms with van der Waals surface area (Å²) in [7, 11) is -3.67. The van der Waals surface area contributed by atoms with Crippen molar-refractivity contribution in [2.45, 2.75) is 39.2 Å². The smallest absolute Gasteiger partial charge is 0.762 e. The summed E-state index contributed by atoms with van der Waals surface area (Å²) in [5, 5.41) is 0. The number of aryl methyl sites for hydroxylation is 1. The maximum absolute atomic E-state index is 9.67. The number of thiazole rings is 1. The van der Waals surface area contributed by atoms with Gasteiger partial charge in [-0.15, -0.1) is 0 Å². The first kappa shape index (κ1) is 16.9. The van der Waals surface area contributed by atoms with Crippen molar-refractivity contribution in [2.75, 3.05) is 0 Å². The first-order valence-corrected chi connectivity index (χ1v) is 6.79. The third kappa shape index (κ3) is 4.95. The second kappa shape index (κ2) is 8.08. The Morgan fingerprint density at radius 3 is 2.35 bits per heavy atom. The number of hydrogen-bond acceptors (Lipinski definition) is 1. The van der Waals surface area contributed by atoms with Gasteiger partial charge in [-0.1, -0.05) is 11.3 Å². The number of fused-ring (bicyclic) bond motifs is 1. The fourth-order valence-electron chi connectivity index (χ4n) is 1.84. The predicted molar refractivity (Wildman–Crippen MR) is 63.6 cm³/mol. The zero-order valence-electron chi connectivity index (χ0n) is 9.36. The lowest BCUT2D eigenvalue weighted by Crippen LogP contribution is -3.00. The molecule has 0 aromatic carbocycles. The lowest BCUT2D eigenvalue weighted by Gasteiger charge is -2.05. The van der Waals surface area contributed by atoms with Gasteiger partial charge in [-0.2, -0.15) is 4.57 Å². The van der Waals surface area contributed by atoms with Gasteiger partial charge in [-0.3, -0.25) is 12.9 Å². The summed E-state index contributed by atoms with van der Waals surface area (Å²) in [5.41, 5.74) is 1.58. The van der Waals surface area contributed by atoms with Gasteiger partial charge >= 0.3 is 11.5 Å². The van der Waals surface area contributed by atoms with E-state index in [1.807, 2.05) is 11.3 Å². The first-order valence-electron chi connectivity index (χ1n) is 5.18. The van der Waals surface area contributed by atoms with E-state index in [1.165, 1.54) is 29.6 Å². The first-order chi connectivity index (χ1) is 7.56. The summed E-state index contributed by atoms with van der Waals surface area (Å²) >= 11 is 5.54. The molecule has 98 valence electrons. The molecule has 0 spiro atoms. The summed E-state index contributed by atoms with van der Waals surface area (Å²) in [5.74, 6) is 0. The van der Waals surface area contributed by atoms with E-state index in [2.05, 4.69) is 27.4 Å². The molecule has 0 radical (unpaired) electrons. The van der Waals surface area contributed by atoms with Crippen LogP contribution in [0.2, 0.25) is 0 Å². The molecule has 0 saturated heterocycles. The molecule has 0 amide bonds. The molecule has 1 nitrogen and oxygen atoms in total. The molecule has 1 aromatic rings. The van der Waals surface area contributed by atoms with E-state index in [1.54, 1.807) is 10.6 Å². The van der Waals surface area contributed by atoms with Crippen LogP contribution in [0.4, 0.5) is 12.9 Å². The Balaban J connectivity index is 0.000000453. The topological polar surface area (TPSA) is 3.88 Å². The van der Waals surface area contributed by atoms with Crippen LogP contribution in [0, 0.1) is 0 Å². The number of aromatic nitrogens is 1. The average Bonchev–Trinajstić information content (AvgIpc) is 2.52. The quantitative estimate of drug-likeness (QED) is 0.402. The fourth-order valence-corrected chi connectivity index (χ4v) is 4.02. The van der Waals surface area contributed by atoms with Gasteiger partial charge < -0.3 is 4.70 Å². The van der Waals surface area contributed by atoms with Crippen LogP contribution in [-0.4, -0.2) is 7.54 Å². The van der Waals surface area contributed by atoms with Gasteiger partial charge in [0.1, 0.15) is 6.54 Å². The van der Waals surface area contributed by atoms with Gasteiger partial charge in [0.05, 0.1) is 4.88 Å². The molecule has 1 heterocycles. The van der Waals surface area contributed by atoms with Gasteiger partial charge in [0.2, 0.25) is 0 Å². The number of halogens is 5. The highest BCUT2D eigenvalue weighted by Gasteiger charge is 2.25. The molecule has 2 rings (SSSR count). The summed E-state index contributed by atoms with van der Waals surface area (Å²) in [4.78, 5) is 1.61. The van der Waals surface area contributed by atoms with Crippen molar-refractivity contribution in [3.8, 4) is 0 Å². The second-order valence-electron chi connectivity index (χ2n) is 3.42. The lowest BCUT2D eigenvalue weighted by atomic mass is 10.0. The highest BCUT2D eigenvalue weighted by molar-refractivity contribution is 9.11. The largest absolute Gasteiger partial charge is 1.00 e. The molecule has 0 fully saturated rings. The summed E-state index contributed by atoms with van der Waals surface area (Å²) in [6, 6.07) is 0. The van der Waals surface area contributed by atoms with E-state index in [4.69, 9.17) is 0 Å². The predicted octanol–water partition coefficient (Wildman–Crippen LogP) is 0.581. The average molecular weight is 334 g/mol. The summed E-state index contributed by atoms with van der Waals surface area (Å²) in [6.45, 7) is 3.32. The standard InChI is InChI=1S/C9H13BrNS.BF3.FH/c1-2-11-7-5-3-4-6-8(7)12-9(11)10;2-1(3)4;/h2-6H2,1H3;;1H/q+1;;/p-1. The molecular formula is C9H13BBrF4NS. The molecule has 1 aromatic heterocycles. The Bertz CT molecular complexity index is 345. The van der Waals surface area contributed by atoms with Crippen LogP contribution < -0.4 is 9.27 Å². The third-order valence-electron chi connectivity index (χ3n) is 2.45. The lowest BCUT2D eigenvalue weighted by molar-refractivity contribution is -0.706. The van der Waals surface area contributed by atoms with Gasteiger partial charge in [0.25, 0.3) is 0 Å². The molecule has 17 heavy (non-hydrogen) atoms. The van der Waals surface area contributed by atoms with Crippen LogP contribution in [-0.2, 0) is 19.4 Å². The van der Waals surface area contributed by atoms with Crippen molar-refractivity contribution in [1.82, 2.24) is 0 Å². The molecule has 0 N–H and O–H groups in total. The summed E-state index contributed by atoms with van der Waals surface area (Å²) in [6.07, 6.45) is 5.33. The maximum atomic E-state index is 9.67. The van der Waals surface area contributed by atoms with Crippen molar-refractivity contribution in [1.29, 1.82) is 0 Å². The minimum absolute atomic E-state index is 0. The van der Waals surface area contributed by atoms with Gasteiger partial charge in [-0.25, -0.2) is 0 Å². The highest BCUT2D eigenvalue weighted by Crippen LogP contribution is 2.27. The monoisotopic (exact) mass is 333 g/mol. The number of rotatable bonds is 1. The Morgan fingerprint density at radius 2 is 1.82 bits per heavy atom. The molecular weight excluding hydrogens is 321 g/mol. The fraction of sp³-hybridized carbons (Fsp3) is 0.667. The second-order valence-corrected chi connectivity index (χ2v) is 5.78. The molecule has 0 atom stereocenters. The van der Waals surface area contributed by atoms with Gasteiger partial charge in [0, 0.05) is 22.4 Å². The van der Waals surface area contributed by atoms with E-state index < -0.39 is 7.54 Å². The van der Waals surface area contributed by atoms with Gasteiger partial charge in [0.15, 0.2) is 5.69 Å². The Morgan fingerprint density at radius 1 is 1.29 bits per heavy atom. The summed E-state index contributed by atoms with van der Waals surface area (Å²) < 4.78 is 32.7. The van der Waals surface area contributed by atoms with E-state index in [0.717, 1.165) is 6.54 Å². The van der Waals surface area contributed by atoms with Crippen molar-refractivity contribution >= 4 is 34.8 Å². The third-order valence-corrected chi connectivity index (χ3v) is 4.44. The zero-order valence-corrected chi connectivity index (χ0v) is 11.8. The van der Waals surface area contributed by atoms with Crippen LogP contribution in [0.1, 0.15) is 30.3 Å². The van der Waals surface area contributed by atoms with Crippen molar-refractivity contribution in [3.05, 3.63) is 14.5 Å².